The zero-order chi connectivity index (χ0) is 13.5. The van der Waals surface area contributed by atoms with Crippen LogP contribution in [0.4, 0.5) is 0 Å². The summed E-state index contributed by atoms with van der Waals surface area (Å²) in [5.74, 6) is 1.82. The largest absolute Gasteiger partial charge is 0.486 e. The molecule has 1 aromatic rings. The fraction of sp³-hybridized carbons (Fsp3) is 0.562. The van der Waals surface area contributed by atoms with Crippen LogP contribution in [0.25, 0.3) is 0 Å². The Bertz CT molecular complexity index is 501. The van der Waals surface area contributed by atoms with E-state index in [1.807, 2.05) is 18.2 Å². The number of halogens is 1. The molecule has 1 fully saturated rings. The summed E-state index contributed by atoms with van der Waals surface area (Å²) < 4.78 is 7.22. The maximum Gasteiger partial charge on any atom is 0.170 e. The molecule has 0 saturated heterocycles. The lowest BCUT2D eigenvalue weighted by atomic mass is 9.74. The van der Waals surface area contributed by atoms with Crippen molar-refractivity contribution in [3.63, 3.8) is 0 Å². The number of carbonyl (C=O) groups excluding carboxylic acids is 1. The number of Topliss-reactive ketones (excluding diaryl/α,β-unsaturated/α-hetero) is 1. The number of ether oxygens (including phenoxy) is 1. The number of hydrogen-bond donors (Lipinski definition) is 0. The van der Waals surface area contributed by atoms with Crippen molar-refractivity contribution in [2.75, 3.05) is 0 Å². The van der Waals surface area contributed by atoms with Crippen LogP contribution in [-0.4, -0.2) is 11.4 Å². The quantitative estimate of drug-likeness (QED) is 0.745. The monoisotopic (exact) mass is 322 g/mol. The first-order chi connectivity index (χ1) is 9.12. The summed E-state index contributed by atoms with van der Waals surface area (Å²) >= 11 is 3.45. The Balaban J connectivity index is 1.86. The third-order valence-electron chi connectivity index (χ3n) is 4.65. The van der Waals surface area contributed by atoms with Gasteiger partial charge in [0.2, 0.25) is 0 Å². The maximum atomic E-state index is 12.3. The number of carbonyl (C=O) groups is 1. The van der Waals surface area contributed by atoms with Gasteiger partial charge in [-0.15, -0.1) is 0 Å². The van der Waals surface area contributed by atoms with E-state index >= 15 is 0 Å². The molecule has 1 spiro atoms. The Kier molecular flexibility index (Phi) is 3.42. The molecule has 3 rings (SSSR count). The van der Waals surface area contributed by atoms with E-state index < -0.39 is 0 Å². The summed E-state index contributed by atoms with van der Waals surface area (Å²) in [5.41, 5.74) is 0.516. The van der Waals surface area contributed by atoms with Crippen LogP contribution in [0, 0.1) is 5.92 Å². The van der Waals surface area contributed by atoms with Crippen molar-refractivity contribution in [2.24, 2.45) is 5.92 Å². The predicted octanol–water partition coefficient (Wildman–Crippen LogP) is 4.75. The van der Waals surface area contributed by atoms with E-state index in [-0.39, 0.29) is 11.4 Å². The summed E-state index contributed by atoms with van der Waals surface area (Å²) in [6.07, 6.45) is 6.21. The third kappa shape index (κ3) is 2.45. The van der Waals surface area contributed by atoms with Gasteiger partial charge >= 0.3 is 0 Å². The van der Waals surface area contributed by atoms with Crippen LogP contribution in [0.3, 0.4) is 0 Å². The van der Waals surface area contributed by atoms with Gasteiger partial charge in [0.15, 0.2) is 5.78 Å². The number of fused-ring (bicyclic) bond motifs is 1. The molecule has 0 atom stereocenters. The van der Waals surface area contributed by atoms with Crippen LogP contribution >= 0.6 is 15.9 Å². The Labute approximate surface area is 122 Å². The molecule has 19 heavy (non-hydrogen) atoms. The molecule has 1 aliphatic heterocycles. The van der Waals surface area contributed by atoms with E-state index in [9.17, 15) is 4.79 Å². The Morgan fingerprint density at radius 2 is 2.11 bits per heavy atom. The molecule has 0 unspecified atom stereocenters. The molecule has 2 nitrogen and oxygen atoms in total. The van der Waals surface area contributed by atoms with Gasteiger partial charge in [0, 0.05) is 4.47 Å². The van der Waals surface area contributed by atoms with Gasteiger partial charge in [-0.3, -0.25) is 4.79 Å². The van der Waals surface area contributed by atoms with Crippen molar-refractivity contribution in [1.82, 2.24) is 0 Å². The second-order valence-corrected chi connectivity index (χ2v) is 6.79. The Morgan fingerprint density at radius 1 is 1.37 bits per heavy atom. The molecule has 2 aliphatic rings. The van der Waals surface area contributed by atoms with Crippen molar-refractivity contribution in [1.29, 1.82) is 0 Å². The standard InChI is InChI=1S/C16H19BrO2/c1-2-11-5-7-16(8-6-11)10-14(18)13-4-3-12(17)9-15(13)19-16/h3-4,9,11H,2,5-8,10H2,1H3. The van der Waals surface area contributed by atoms with Crippen LogP contribution in [0.15, 0.2) is 22.7 Å². The lowest BCUT2D eigenvalue weighted by Gasteiger charge is -2.42. The van der Waals surface area contributed by atoms with E-state index in [2.05, 4.69) is 22.9 Å². The average molecular weight is 323 g/mol. The first-order valence-corrected chi connectivity index (χ1v) is 7.93. The van der Waals surface area contributed by atoms with Crippen molar-refractivity contribution in [3.05, 3.63) is 28.2 Å². The molecule has 0 aromatic heterocycles. The lowest BCUT2D eigenvalue weighted by Crippen LogP contribution is -2.44. The summed E-state index contributed by atoms with van der Waals surface area (Å²) in [5, 5.41) is 0. The molecule has 0 amide bonds. The molecule has 3 heteroatoms. The topological polar surface area (TPSA) is 26.3 Å². The molecular formula is C16H19BrO2. The van der Waals surface area contributed by atoms with Gasteiger partial charge in [0.05, 0.1) is 12.0 Å². The zero-order valence-electron chi connectivity index (χ0n) is 11.2. The number of rotatable bonds is 1. The van der Waals surface area contributed by atoms with Crippen molar-refractivity contribution in [3.8, 4) is 5.75 Å². The van der Waals surface area contributed by atoms with E-state index in [0.29, 0.717) is 6.42 Å². The highest BCUT2D eigenvalue weighted by atomic mass is 79.9. The van der Waals surface area contributed by atoms with E-state index in [1.165, 1.54) is 19.3 Å². The van der Waals surface area contributed by atoms with Crippen molar-refractivity contribution in [2.45, 2.75) is 51.0 Å². The highest BCUT2D eigenvalue weighted by Crippen LogP contribution is 2.44. The highest BCUT2D eigenvalue weighted by molar-refractivity contribution is 9.10. The second-order valence-electron chi connectivity index (χ2n) is 5.88. The number of hydrogen-bond acceptors (Lipinski definition) is 2. The van der Waals surface area contributed by atoms with E-state index in [4.69, 9.17) is 4.74 Å². The third-order valence-corrected chi connectivity index (χ3v) is 5.14. The predicted molar refractivity (Wildman–Crippen MR) is 78.7 cm³/mol. The lowest BCUT2D eigenvalue weighted by molar-refractivity contribution is 0.00170. The van der Waals surface area contributed by atoms with Crippen LogP contribution < -0.4 is 4.74 Å². The average Bonchev–Trinajstić information content (AvgIpc) is 2.39. The molecule has 1 saturated carbocycles. The van der Waals surface area contributed by atoms with E-state index in [1.54, 1.807) is 0 Å². The normalized spacial score (nSPS) is 30.0. The van der Waals surface area contributed by atoms with E-state index in [0.717, 1.165) is 34.5 Å². The fourth-order valence-electron chi connectivity index (χ4n) is 3.36. The van der Waals surface area contributed by atoms with Gasteiger partial charge in [0.25, 0.3) is 0 Å². The van der Waals surface area contributed by atoms with Crippen LogP contribution in [-0.2, 0) is 0 Å². The fourth-order valence-corrected chi connectivity index (χ4v) is 3.70. The maximum absolute atomic E-state index is 12.3. The summed E-state index contributed by atoms with van der Waals surface area (Å²) in [7, 11) is 0. The molecule has 1 heterocycles. The van der Waals surface area contributed by atoms with Gasteiger partial charge < -0.3 is 4.74 Å². The molecule has 1 aliphatic carbocycles. The van der Waals surface area contributed by atoms with Gasteiger partial charge in [-0.25, -0.2) is 0 Å². The van der Waals surface area contributed by atoms with Gasteiger partial charge in [-0.05, 0) is 49.8 Å². The zero-order valence-corrected chi connectivity index (χ0v) is 12.8. The second kappa shape index (κ2) is 4.93. The minimum Gasteiger partial charge on any atom is -0.486 e. The smallest absolute Gasteiger partial charge is 0.170 e. The molecule has 102 valence electrons. The first kappa shape index (κ1) is 13.2. The minimum atomic E-state index is -0.226. The molecule has 0 bridgehead atoms. The van der Waals surface area contributed by atoms with Gasteiger partial charge in [0.1, 0.15) is 11.4 Å². The first-order valence-electron chi connectivity index (χ1n) is 7.14. The SMILES string of the molecule is CCC1CCC2(CC1)CC(=O)c1ccc(Br)cc1O2. The van der Waals surface area contributed by atoms with Crippen molar-refractivity contribution >= 4 is 21.7 Å². The summed E-state index contributed by atoms with van der Waals surface area (Å²) in [6, 6.07) is 5.71. The van der Waals surface area contributed by atoms with Crippen molar-refractivity contribution < 1.29 is 9.53 Å². The number of benzene rings is 1. The number of ketones is 1. The minimum absolute atomic E-state index is 0.226. The van der Waals surface area contributed by atoms with Gasteiger partial charge in [-0.1, -0.05) is 29.3 Å². The van der Waals surface area contributed by atoms with Crippen LogP contribution in [0.2, 0.25) is 0 Å². The molecule has 0 radical (unpaired) electrons. The Morgan fingerprint density at radius 3 is 2.79 bits per heavy atom. The van der Waals surface area contributed by atoms with Crippen LogP contribution in [0.1, 0.15) is 55.8 Å². The summed E-state index contributed by atoms with van der Waals surface area (Å²) in [4.78, 5) is 12.3. The molecule has 1 aromatic carbocycles. The van der Waals surface area contributed by atoms with Crippen LogP contribution in [0.5, 0.6) is 5.75 Å². The molecule has 0 N–H and O–H groups in total. The molecular weight excluding hydrogens is 304 g/mol. The summed E-state index contributed by atoms with van der Waals surface area (Å²) in [6.45, 7) is 2.25. The highest BCUT2D eigenvalue weighted by Gasteiger charge is 2.42. The Hall–Kier alpha value is -0.830. The van der Waals surface area contributed by atoms with Gasteiger partial charge in [-0.2, -0.15) is 0 Å².